The number of aromatic nitrogens is 2. The van der Waals surface area contributed by atoms with Crippen LogP contribution in [0.15, 0.2) is 23.0 Å². The average molecular weight is 333 g/mol. The smallest absolute Gasteiger partial charge is 0.254 e. The van der Waals surface area contributed by atoms with Gasteiger partial charge in [0, 0.05) is 44.0 Å². The molecule has 0 aromatic carbocycles. The van der Waals surface area contributed by atoms with Crippen molar-refractivity contribution in [2.75, 3.05) is 20.2 Å². The van der Waals surface area contributed by atoms with E-state index in [0.29, 0.717) is 12.5 Å². The Balaban J connectivity index is 1.57. The van der Waals surface area contributed by atoms with Crippen molar-refractivity contribution in [1.82, 2.24) is 14.5 Å². The van der Waals surface area contributed by atoms with Gasteiger partial charge in [-0.1, -0.05) is 0 Å². The highest BCUT2D eigenvalue weighted by Gasteiger charge is 2.24. The van der Waals surface area contributed by atoms with Crippen LogP contribution in [0.25, 0.3) is 0 Å². The van der Waals surface area contributed by atoms with Gasteiger partial charge in [-0.15, -0.1) is 0 Å². The molecular formula is C17H23N3O2S. The molecule has 0 radical (unpaired) electrons. The second-order valence-electron chi connectivity index (χ2n) is 6.11. The molecule has 124 valence electrons. The summed E-state index contributed by atoms with van der Waals surface area (Å²) >= 11 is 1.57. The Hall–Kier alpha value is -1.66. The highest BCUT2D eigenvalue weighted by molar-refractivity contribution is 7.08. The van der Waals surface area contributed by atoms with Gasteiger partial charge in [-0.2, -0.15) is 11.3 Å². The lowest BCUT2D eigenvalue weighted by Crippen LogP contribution is -2.39. The van der Waals surface area contributed by atoms with Crippen LogP contribution in [-0.4, -0.2) is 40.6 Å². The molecule has 5 nitrogen and oxygen atoms in total. The number of amides is 1. The molecule has 0 aliphatic carbocycles. The van der Waals surface area contributed by atoms with E-state index in [1.165, 1.54) is 5.69 Å². The number of piperidine rings is 1. The molecule has 1 amide bonds. The third-order valence-electron chi connectivity index (χ3n) is 4.52. The van der Waals surface area contributed by atoms with Crippen LogP contribution in [0.5, 0.6) is 0 Å². The first-order chi connectivity index (χ1) is 11.2. The zero-order valence-corrected chi connectivity index (χ0v) is 14.5. The Bertz CT molecular complexity index is 643. The fourth-order valence-corrected chi connectivity index (χ4v) is 3.78. The largest absolute Gasteiger partial charge is 0.377 e. The van der Waals surface area contributed by atoms with Crippen LogP contribution in [-0.2, 0) is 17.9 Å². The molecular weight excluding hydrogens is 310 g/mol. The molecule has 1 fully saturated rings. The minimum absolute atomic E-state index is 0.170. The predicted octanol–water partition coefficient (Wildman–Crippen LogP) is 2.95. The molecule has 3 rings (SSSR count). The van der Waals surface area contributed by atoms with Gasteiger partial charge in [0.15, 0.2) is 0 Å². The average Bonchev–Trinajstić information content (AvgIpc) is 3.21. The van der Waals surface area contributed by atoms with Crippen LogP contribution >= 0.6 is 11.3 Å². The Kier molecular flexibility index (Phi) is 5.13. The molecule has 2 aromatic rings. The minimum atomic E-state index is 0.170. The molecule has 3 heterocycles. The third-order valence-corrected chi connectivity index (χ3v) is 5.21. The number of carbonyl (C=O) groups excluding carboxylic acids is 1. The molecule has 23 heavy (non-hydrogen) atoms. The maximum absolute atomic E-state index is 12.4. The van der Waals surface area contributed by atoms with Crippen LogP contribution in [0.1, 0.15) is 34.7 Å². The predicted molar refractivity (Wildman–Crippen MR) is 90.6 cm³/mol. The second kappa shape index (κ2) is 7.27. The second-order valence-corrected chi connectivity index (χ2v) is 6.89. The summed E-state index contributed by atoms with van der Waals surface area (Å²) in [4.78, 5) is 18.8. The first kappa shape index (κ1) is 16.2. The summed E-state index contributed by atoms with van der Waals surface area (Å²) in [6.45, 7) is 5.27. The standard InChI is InChI=1S/C17H23N3O2S/c1-13-9-18-16(11-22-2)20(13)10-14-3-6-19(7-4-14)17(21)15-5-8-23-12-15/h5,8-9,12,14H,3-4,6-7,10-11H2,1-2H3. The molecule has 6 heteroatoms. The van der Waals surface area contributed by atoms with Crippen molar-refractivity contribution >= 4 is 17.2 Å². The van der Waals surface area contributed by atoms with Crippen molar-refractivity contribution in [3.8, 4) is 0 Å². The van der Waals surface area contributed by atoms with Gasteiger partial charge in [-0.05, 0) is 37.1 Å². The topological polar surface area (TPSA) is 47.4 Å². The van der Waals surface area contributed by atoms with Gasteiger partial charge in [0.1, 0.15) is 12.4 Å². The number of likely N-dealkylation sites (tertiary alicyclic amines) is 1. The number of aryl methyl sites for hydroxylation is 1. The normalized spacial score (nSPS) is 16.0. The zero-order valence-electron chi connectivity index (χ0n) is 13.7. The van der Waals surface area contributed by atoms with Gasteiger partial charge in [0.2, 0.25) is 0 Å². The molecule has 1 aliphatic rings. The highest BCUT2D eigenvalue weighted by Crippen LogP contribution is 2.22. The van der Waals surface area contributed by atoms with E-state index in [2.05, 4.69) is 16.5 Å². The summed E-state index contributed by atoms with van der Waals surface area (Å²) in [5.74, 6) is 1.75. The molecule has 0 N–H and O–H groups in total. The highest BCUT2D eigenvalue weighted by atomic mass is 32.1. The van der Waals surface area contributed by atoms with Crippen molar-refractivity contribution < 1.29 is 9.53 Å². The lowest BCUT2D eigenvalue weighted by molar-refractivity contribution is 0.0681. The fourth-order valence-electron chi connectivity index (χ4n) is 3.15. The van der Waals surface area contributed by atoms with E-state index in [9.17, 15) is 4.79 Å². The van der Waals surface area contributed by atoms with Gasteiger partial charge >= 0.3 is 0 Å². The Morgan fingerprint density at radius 3 is 2.87 bits per heavy atom. The number of nitrogens with zero attached hydrogens (tertiary/aromatic N) is 3. The summed E-state index contributed by atoms with van der Waals surface area (Å²) < 4.78 is 7.48. The quantitative estimate of drug-likeness (QED) is 0.845. The molecule has 1 saturated heterocycles. The van der Waals surface area contributed by atoms with Gasteiger partial charge in [-0.3, -0.25) is 4.79 Å². The van der Waals surface area contributed by atoms with Crippen LogP contribution in [0.2, 0.25) is 0 Å². The van der Waals surface area contributed by atoms with Crippen LogP contribution in [0.4, 0.5) is 0 Å². The first-order valence-electron chi connectivity index (χ1n) is 8.00. The maximum atomic E-state index is 12.4. The summed E-state index contributed by atoms with van der Waals surface area (Å²) in [7, 11) is 1.70. The Morgan fingerprint density at radius 2 is 2.22 bits per heavy atom. The lowest BCUT2D eigenvalue weighted by Gasteiger charge is -2.32. The van der Waals surface area contributed by atoms with Gasteiger partial charge in [0.05, 0.1) is 5.56 Å². The first-order valence-corrected chi connectivity index (χ1v) is 8.94. The fraction of sp³-hybridized carbons (Fsp3) is 0.529. The summed E-state index contributed by atoms with van der Waals surface area (Å²) in [5, 5.41) is 3.89. The number of imidazole rings is 1. The summed E-state index contributed by atoms with van der Waals surface area (Å²) in [6, 6.07) is 1.91. The van der Waals surface area contributed by atoms with Crippen LogP contribution < -0.4 is 0 Å². The van der Waals surface area contributed by atoms with E-state index >= 15 is 0 Å². The van der Waals surface area contributed by atoms with Gasteiger partial charge < -0.3 is 14.2 Å². The Morgan fingerprint density at radius 1 is 1.43 bits per heavy atom. The lowest BCUT2D eigenvalue weighted by atomic mass is 9.96. The summed E-state index contributed by atoms with van der Waals surface area (Å²) in [6.07, 6.45) is 3.99. The van der Waals surface area contributed by atoms with E-state index < -0.39 is 0 Å². The number of rotatable bonds is 5. The van der Waals surface area contributed by atoms with E-state index in [4.69, 9.17) is 4.74 Å². The van der Waals surface area contributed by atoms with Crippen molar-refractivity contribution in [1.29, 1.82) is 0 Å². The third kappa shape index (κ3) is 3.64. The van der Waals surface area contributed by atoms with Gasteiger partial charge in [0.25, 0.3) is 5.91 Å². The van der Waals surface area contributed by atoms with Crippen molar-refractivity contribution in [3.63, 3.8) is 0 Å². The summed E-state index contributed by atoms with van der Waals surface area (Å²) in [5.41, 5.74) is 2.00. The SMILES string of the molecule is COCc1ncc(C)n1CC1CCN(C(=O)c2ccsc2)CC1. The molecule has 2 aromatic heterocycles. The number of hydrogen-bond acceptors (Lipinski definition) is 4. The molecule has 0 unspecified atom stereocenters. The van der Waals surface area contributed by atoms with Crippen LogP contribution in [0, 0.1) is 12.8 Å². The number of hydrogen-bond donors (Lipinski definition) is 0. The molecule has 1 aliphatic heterocycles. The Labute approximate surface area is 140 Å². The van der Waals surface area contributed by atoms with E-state index in [0.717, 1.165) is 43.9 Å². The van der Waals surface area contributed by atoms with Gasteiger partial charge in [-0.25, -0.2) is 4.98 Å². The molecule has 0 spiro atoms. The van der Waals surface area contributed by atoms with E-state index in [-0.39, 0.29) is 5.91 Å². The number of carbonyl (C=O) groups is 1. The van der Waals surface area contributed by atoms with Crippen molar-refractivity contribution in [2.45, 2.75) is 32.9 Å². The maximum Gasteiger partial charge on any atom is 0.254 e. The number of thiophene rings is 1. The monoisotopic (exact) mass is 333 g/mol. The molecule has 0 atom stereocenters. The minimum Gasteiger partial charge on any atom is -0.377 e. The zero-order chi connectivity index (χ0) is 16.2. The van der Waals surface area contributed by atoms with Crippen LogP contribution in [0.3, 0.4) is 0 Å². The molecule has 0 bridgehead atoms. The van der Waals surface area contributed by atoms with Crippen molar-refractivity contribution in [2.24, 2.45) is 5.92 Å². The molecule has 0 saturated carbocycles. The number of ether oxygens (including phenoxy) is 1. The van der Waals surface area contributed by atoms with Crippen molar-refractivity contribution in [3.05, 3.63) is 40.1 Å². The van der Waals surface area contributed by atoms with E-state index in [1.54, 1.807) is 18.4 Å². The van der Waals surface area contributed by atoms with E-state index in [1.807, 2.05) is 27.9 Å². The number of methoxy groups -OCH3 is 1.